The first-order valence-electron chi connectivity index (χ1n) is 7.02. The molecule has 0 aliphatic heterocycles. The molecule has 1 N–H and O–H groups in total. The number of ether oxygens (including phenoxy) is 2. The van der Waals surface area contributed by atoms with E-state index in [-0.39, 0.29) is 18.6 Å². The Balaban J connectivity index is 2.73. The lowest BCUT2D eigenvalue weighted by Gasteiger charge is -2.30. The smallest absolute Gasteiger partial charge is 0.329 e. The molecule has 0 radical (unpaired) electrons. The molecule has 0 aromatic heterocycles. The van der Waals surface area contributed by atoms with Crippen molar-refractivity contribution >= 4 is 5.97 Å². The summed E-state index contributed by atoms with van der Waals surface area (Å²) in [5, 5.41) is 3.22. The van der Waals surface area contributed by atoms with Crippen molar-refractivity contribution in [2.75, 3.05) is 13.2 Å². The minimum Gasteiger partial charge on any atom is -0.491 e. The van der Waals surface area contributed by atoms with Crippen LogP contribution in [0.1, 0.15) is 33.3 Å². The molecule has 4 heteroatoms. The molecule has 20 heavy (non-hydrogen) atoms. The maximum absolute atomic E-state index is 12.1. The highest BCUT2D eigenvalue weighted by Crippen LogP contribution is 2.15. The molecule has 0 aliphatic rings. The molecular weight excluding hydrogens is 254 g/mol. The van der Waals surface area contributed by atoms with Crippen LogP contribution in [0.25, 0.3) is 0 Å². The first-order chi connectivity index (χ1) is 9.37. The van der Waals surface area contributed by atoms with Crippen molar-refractivity contribution < 1.29 is 14.3 Å². The fraction of sp³-hybridized carbons (Fsp3) is 0.562. The summed E-state index contributed by atoms with van der Waals surface area (Å²) in [6.07, 6.45) is 0. The van der Waals surface area contributed by atoms with Gasteiger partial charge in [-0.05, 0) is 46.8 Å². The van der Waals surface area contributed by atoms with Gasteiger partial charge in [-0.15, -0.1) is 0 Å². The molecule has 0 saturated heterocycles. The van der Waals surface area contributed by atoms with E-state index in [0.29, 0.717) is 6.61 Å². The van der Waals surface area contributed by atoms with Crippen LogP contribution in [0.5, 0.6) is 5.75 Å². The summed E-state index contributed by atoms with van der Waals surface area (Å²) < 4.78 is 10.9. The Morgan fingerprint density at radius 3 is 2.40 bits per heavy atom. The Labute approximate surface area is 121 Å². The zero-order chi connectivity index (χ0) is 15.2. The maximum atomic E-state index is 12.1. The number of carbonyl (C=O) groups is 1. The summed E-state index contributed by atoms with van der Waals surface area (Å²) >= 11 is 0. The number of aryl methyl sites for hydroxylation is 1. The van der Waals surface area contributed by atoms with Gasteiger partial charge in [-0.3, -0.25) is 5.32 Å². The van der Waals surface area contributed by atoms with Crippen LogP contribution in [0.4, 0.5) is 0 Å². The molecule has 1 atom stereocenters. The van der Waals surface area contributed by atoms with E-state index in [4.69, 9.17) is 9.47 Å². The number of esters is 1. The highest BCUT2D eigenvalue weighted by atomic mass is 16.5. The summed E-state index contributed by atoms with van der Waals surface area (Å²) in [5.41, 5.74) is 0.320. The summed E-state index contributed by atoms with van der Waals surface area (Å²) in [6, 6.07) is 7.91. The van der Waals surface area contributed by atoms with Crippen LogP contribution in [0.2, 0.25) is 0 Å². The lowest BCUT2D eigenvalue weighted by Crippen LogP contribution is -2.57. The number of carbonyl (C=O) groups excluding carboxylic acids is 1. The van der Waals surface area contributed by atoms with Gasteiger partial charge in [0.05, 0.1) is 6.61 Å². The molecule has 4 nitrogen and oxygen atoms in total. The third-order valence-corrected chi connectivity index (χ3v) is 2.88. The fourth-order valence-corrected chi connectivity index (χ4v) is 1.95. The average Bonchev–Trinajstić information content (AvgIpc) is 2.37. The third kappa shape index (κ3) is 4.85. The average molecular weight is 279 g/mol. The molecule has 1 unspecified atom stereocenters. The first kappa shape index (κ1) is 16.5. The molecule has 1 aromatic carbocycles. The van der Waals surface area contributed by atoms with Crippen molar-refractivity contribution in [3.63, 3.8) is 0 Å². The van der Waals surface area contributed by atoms with Crippen molar-refractivity contribution in [3.8, 4) is 5.75 Å². The van der Waals surface area contributed by atoms with Gasteiger partial charge in [-0.1, -0.05) is 17.7 Å². The predicted octanol–water partition coefficient (Wildman–Crippen LogP) is 2.69. The molecular formula is C16H25NO3. The summed E-state index contributed by atoms with van der Waals surface area (Å²) in [5.74, 6) is 0.456. The standard InChI is InChI=1S/C16H25NO3/c1-6-19-15(18)16(5,17-12(2)3)11-20-14-9-7-13(4)8-10-14/h7-10,12,17H,6,11H2,1-5H3. The van der Waals surface area contributed by atoms with Gasteiger partial charge in [0, 0.05) is 6.04 Å². The van der Waals surface area contributed by atoms with Gasteiger partial charge in [0.25, 0.3) is 0 Å². The molecule has 0 bridgehead atoms. The molecule has 0 amide bonds. The largest absolute Gasteiger partial charge is 0.491 e. The highest BCUT2D eigenvalue weighted by Gasteiger charge is 2.36. The molecule has 112 valence electrons. The van der Waals surface area contributed by atoms with Gasteiger partial charge in [0.2, 0.25) is 0 Å². The minimum atomic E-state index is -0.852. The Morgan fingerprint density at radius 2 is 1.90 bits per heavy atom. The first-order valence-corrected chi connectivity index (χ1v) is 7.02. The quantitative estimate of drug-likeness (QED) is 0.780. The van der Waals surface area contributed by atoms with Crippen LogP contribution >= 0.6 is 0 Å². The Kier molecular flexibility index (Phi) is 6.02. The second-order valence-corrected chi connectivity index (χ2v) is 5.45. The van der Waals surface area contributed by atoms with Gasteiger partial charge in [0.1, 0.15) is 17.9 Å². The number of rotatable bonds is 7. The fourth-order valence-electron chi connectivity index (χ4n) is 1.95. The Hall–Kier alpha value is -1.55. The number of benzene rings is 1. The third-order valence-electron chi connectivity index (χ3n) is 2.88. The second kappa shape index (κ2) is 7.29. The molecule has 0 saturated carbocycles. The van der Waals surface area contributed by atoms with Crippen molar-refractivity contribution in [1.82, 2.24) is 5.32 Å². The van der Waals surface area contributed by atoms with E-state index in [1.807, 2.05) is 45.0 Å². The molecule has 1 rings (SSSR count). The van der Waals surface area contributed by atoms with Crippen LogP contribution < -0.4 is 10.1 Å². The SMILES string of the molecule is CCOC(=O)C(C)(COc1ccc(C)cc1)NC(C)C. The second-order valence-electron chi connectivity index (χ2n) is 5.45. The van der Waals surface area contributed by atoms with E-state index in [1.54, 1.807) is 13.8 Å². The van der Waals surface area contributed by atoms with Crippen LogP contribution in [-0.4, -0.2) is 30.8 Å². The zero-order valence-electron chi connectivity index (χ0n) is 13.0. The van der Waals surface area contributed by atoms with Gasteiger partial charge in [0.15, 0.2) is 0 Å². The molecule has 0 spiro atoms. The maximum Gasteiger partial charge on any atom is 0.329 e. The van der Waals surface area contributed by atoms with E-state index in [0.717, 1.165) is 5.75 Å². The lowest BCUT2D eigenvalue weighted by molar-refractivity contribution is -0.152. The predicted molar refractivity (Wildman–Crippen MR) is 80.0 cm³/mol. The number of hydrogen-bond donors (Lipinski definition) is 1. The molecule has 0 heterocycles. The van der Waals surface area contributed by atoms with E-state index in [1.165, 1.54) is 5.56 Å². The summed E-state index contributed by atoms with van der Waals surface area (Å²) in [7, 11) is 0. The lowest BCUT2D eigenvalue weighted by atomic mass is 10.0. The highest BCUT2D eigenvalue weighted by molar-refractivity contribution is 5.80. The van der Waals surface area contributed by atoms with Gasteiger partial charge in [-0.25, -0.2) is 4.79 Å². The summed E-state index contributed by atoms with van der Waals surface area (Å²) in [6.45, 7) is 10.2. The van der Waals surface area contributed by atoms with Gasteiger partial charge >= 0.3 is 5.97 Å². The summed E-state index contributed by atoms with van der Waals surface area (Å²) in [4.78, 5) is 12.1. The topological polar surface area (TPSA) is 47.6 Å². The van der Waals surface area contributed by atoms with Crippen LogP contribution in [0.3, 0.4) is 0 Å². The van der Waals surface area contributed by atoms with Crippen LogP contribution in [-0.2, 0) is 9.53 Å². The van der Waals surface area contributed by atoms with E-state index >= 15 is 0 Å². The van der Waals surface area contributed by atoms with Crippen molar-refractivity contribution in [3.05, 3.63) is 29.8 Å². The van der Waals surface area contributed by atoms with Crippen LogP contribution in [0.15, 0.2) is 24.3 Å². The van der Waals surface area contributed by atoms with Gasteiger partial charge in [-0.2, -0.15) is 0 Å². The van der Waals surface area contributed by atoms with E-state index in [9.17, 15) is 4.79 Å². The van der Waals surface area contributed by atoms with Crippen LogP contribution in [0, 0.1) is 6.92 Å². The molecule has 0 fully saturated rings. The Bertz CT molecular complexity index is 428. The normalized spacial score (nSPS) is 13.9. The van der Waals surface area contributed by atoms with E-state index in [2.05, 4.69) is 5.32 Å². The zero-order valence-corrected chi connectivity index (χ0v) is 13.0. The molecule has 1 aromatic rings. The minimum absolute atomic E-state index is 0.158. The molecule has 0 aliphatic carbocycles. The van der Waals surface area contributed by atoms with Crippen molar-refractivity contribution in [2.45, 2.75) is 46.2 Å². The van der Waals surface area contributed by atoms with Crippen molar-refractivity contribution in [2.24, 2.45) is 0 Å². The number of nitrogens with one attached hydrogen (secondary N) is 1. The van der Waals surface area contributed by atoms with E-state index < -0.39 is 5.54 Å². The van der Waals surface area contributed by atoms with Crippen molar-refractivity contribution in [1.29, 1.82) is 0 Å². The monoisotopic (exact) mass is 279 g/mol. The number of hydrogen-bond acceptors (Lipinski definition) is 4. The van der Waals surface area contributed by atoms with Gasteiger partial charge < -0.3 is 9.47 Å². The Morgan fingerprint density at radius 1 is 1.30 bits per heavy atom.